The topological polar surface area (TPSA) is 62.6 Å². The molecule has 1 aliphatic rings. The largest absolute Gasteiger partial charge is 0.457 e. The van der Waals surface area contributed by atoms with Gasteiger partial charge in [0.1, 0.15) is 17.1 Å². The molecule has 1 fully saturated rings. The van der Waals surface area contributed by atoms with Gasteiger partial charge in [0.15, 0.2) is 5.11 Å². The van der Waals surface area contributed by atoms with Crippen LogP contribution in [0.1, 0.15) is 11.3 Å². The molecule has 2 heterocycles. The highest BCUT2D eigenvalue weighted by Crippen LogP contribution is 2.31. The average molecular weight is 431 g/mol. The van der Waals surface area contributed by atoms with Crippen molar-refractivity contribution in [3.8, 4) is 11.3 Å². The van der Waals surface area contributed by atoms with Crippen molar-refractivity contribution in [3.05, 3.63) is 64.4 Å². The van der Waals surface area contributed by atoms with E-state index in [1.807, 2.05) is 25.1 Å². The fourth-order valence-corrected chi connectivity index (χ4v) is 3.47. The summed E-state index contributed by atoms with van der Waals surface area (Å²) in [7, 11) is 0. The molecule has 1 saturated heterocycles. The Bertz CT molecular complexity index is 961. The molecule has 132 valence electrons. The summed E-state index contributed by atoms with van der Waals surface area (Å²) in [5.41, 5.74) is 1.97. The Kier molecular flexibility index (Phi) is 5.20. The summed E-state index contributed by atoms with van der Waals surface area (Å²) < 4.78 is 6.70. The molecule has 1 N–H and O–H groups in total. The quantitative estimate of drug-likeness (QED) is 0.346. The van der Waals surface area contributed by atoms with Crippen LogP contribution in [0.5, 0.6) is 0 Å². The first-order chi connectivity index (χ1) is 12.4. The number of nitrogens with zero attached hydrogens (tertiary/aromatic N) is 1. The predicted molar refractivity (Wildman–Crippen MR) is 107 cm³/mol. The number of nitrogens with one attached hydrogen (secondary N) is 1. The van der Waals surface area contributed by atoms with Crippen LogP contribution in [-0.2, 0) is 9.59 Å². The average Bonchev–Trinajstić information content (AvgIpc) is 3.04. The van der Waals surface area contributed by atoms with Crippen molar-refractivity contribution in [3.63, 3.8) is 0 Å². The minimum Gasteiger partial charge on any atom is -0.457 e. The van der Waals surface area contributed by atoms with Gasteiger partial charge in [-0.15, -0.1) is 6.58 Å². The minimum atomic E-state index is -0.547. The zero-order valence-electron chi connectivity index (χ0n) is 13.9. The molecule has 2 amide bonds. The van der Waals surface area contributed by atoms with Crippen LogP contribution in [0, 0.1) is 6.92 Å². The van der Waals surface area contributed by atoms with E-state index in [-0.39, 0.29) is 17.2 Å². The lowest BCUT2D eigenvalue weighted by Crippen LogP contribution is -2.53. The number of carbonyl (C=O) groups is 2. The molecule has 0 saturated carbocycles. The second kappa shape index (κ2) is 7.39. The van der Waals surface area contributed by atoms with Gasteiger partial charge < -0.3 is 4.42 Å². The maximum absolute atomic E-state index is 12.5. The maximum atomic E-state index is 12.5. The van der Waals surface area contributed by atoms with Gasteiger partial charge >= 0.3 is 0 Å². The summed E-state index contributed by atoms with van der Waals surface area (Å²) in [5.74, 6) is 0.00565. The molecule has 0 aliphatic carbocycles. The number of hydrogen-bond acceptors (Lipinski definition) is 4. The van der Waals surface area contributed by atoms with E-state index in [4.69, 9.17) is 16.6 Å². The van der Waals surface area contributed by atoms with Gasteiger partial charge in [0.25, 0.3) is 11.8 Å². The summed E-state index contributed by atoms with van der Waals surface area (Å²) in [6.07, 6.45) is 2.96. The Hall–Kier alpha value is -2.51. The number of carbonyl (C=O) groups excluding carboxylic acids is 2. The van der Waals surface area contributed by atoms with Crippen LogP contribution in [0.2, 0.25) is 0 Å². The predicted octanol–water partition coefficient (Wildman–Crippen LogP) is 3.83. The van der Waals surface area contributed by atoms with Gasteiger partial charge in [-0.05, 0) is 55.0 Å². The molecule has 2 aromatic rings. The Balaban J connectivity index is 1.93. The van der Waals surface area contributed by atoms with Gasteiger partial charge in [-0.2, -0.15) is 0 Å². The monoisotopic (exact) mass is 430 g/mol. The fourth-order valence-electron chi connectivity index (χ4n) is 2.53. The van der Waals surface area contributed by atoms with Crippen LogP contribution in [0.3, 0.4) is 0 Å². The third kappa shape index (κ3) is 3.54. The molecule has 1 aromatic carbocycles. The second-order valence-electron chi connectivity index (χ2n) is 5.71. The molecule has 1 aromatic heterocycles. The number of halogens is 1. The lowest BCUT2D eigenvalue weighted by molar-refractivity contribution is -0.128. The molecular formula is C19H15BrN2O3S. The zero-order valence-corrected chi connectivity index (χ0v) is 16.3. The first kappa shape index (κ1) is 18.3. The third-order valence-corrected chi connectivity index (χ3v) is 4.78. The Morgan fingerprint density at radius 1 is 1.31 bits per heavy atom. The Morgan fingerprint density at radius 2 is 2.08 bits per heavy atom. The first-order valence-corrected chi connectivity index (χ1v) is 8.97. The van der Waals surface area contributed by atoms with E-state index >= 15 is 0 Å². The van der Waals surface area contributed by atoms with Gasteiger partial charge in [0, 0.05) is 16.6 Å². The van der Waals surface area contributed by atoms with Gasteiger partial charge in [-0.25, -0.2) is 0 Å². The standard InChI is InChI=1S/C19H15BrN2O3S/c1-3-8-22-18(24)14(17(23)21-19(22)26)10-12-5-7-16(25-12)13-6-4-11(2)9-15(13)20/h3-7,9-10H,1,8H2,2H3,(H,21,23,26)/b14-10+. The lowest BCUT2D eigenvalue weighted by Gasteiger charge is -2.27. The van der Waals surface area contributed by atoms with E-state index < -0.39 is 11.8 Å². The third-order valence-electron chi connectivity index (χ3n) is 3.80. The lowest BCUT2D eigenvalue weighted by atomic mass is 10.1. The number of aryl methyl sites for hydroxylation is 1. The molecule has 1 aliphatic heterocycles. The van der Waals surface area contributed by atoms with E-state index in [0.717, 1.165) is 15.6 Å². The summed E-state index contributed by atoms with van der Waals surface area (Å²) in [4.78, 5) is 25.9. The highest BCUT2D eigenvalue weighted by Gasteiger charge is 2.32. The van der Waals surface area contributed by atoms with Crippen molar-refractivity contribution in [2.24, 2.45) is 0 Å². The maximum Gasteiger partial charge on any atom is 0.266 e. The summed E-state index contributed by atoms with van der Waals surface area (Å²) in [5, 5.41) is 2.57. The van der Waals surface area contributed by atoms with Crippen LogP contribution in [0.4, 0.5) is 0 Å². The van der Waals surface area contributed by atoms with Crippen molar-refractivity contribution < 1.29 is 14.0 Å². The smallest absolute Gasteiger partial charge is 0.266 e. The molecule has 0 atom stereocenters. The van der Waals surface area contributed by atoms with Gasteiger partial charge in [-0.1, -0.05) is 28.1 Å². The zero-order chi connectivity index (χ0) is 18.8. The number of benzene rings is 1. The van der Waals surface area contributed by atoms with E-state index in [9.17, 15) is 9.59 Å². The van der Waals surface area contributed by atoms with E-state index in [1.165, 1.54) is 11.0 Å². The van der Waals surface area contributed by atoms with Gasteiger partial charge in [0.05, 0.1) is 0 Å². The molecule has 7 heteroatoms. The van der Waals surface area contributed by atoms with Crippen molar-refractivity contribution >= 4 is 51.2 Å². The summed E-state index contributed by atoms with van der Waals surface area (Å²) >= 11 is 8.54. The normalized spacial score (nSPS) is 16.2. The van der Waals surface area contributed by atoms with Crippen LogP contribution in [0.15, 0.2) is 57.4 Å². The highest BCUT2D eigenvalue weighted by molar-refractivity contribution is 9.10. The van der Waals surface area contributed by atoms with Gasteiger partial charge in [-0.3, -0.25) is 19.8 Å². The number of furan rings is 1. The van der Waals surface area contributed by atoms with Crippen LogP contribution >= 0.6 is 28.1 Å². The molecular weight excluding hydrogens is 416 g/mol. The molecule has 0 unspecified atom stereocenters. The Morgan fingerprint density at radius 3 is 2.77 bits per heavy atom. The summed E-state index contributed by atoms with van der Waals surface area (Å²) in [6, 6.07) is 9.41. The molecule has 0 bridgehead atoms. The number of thiocarbonyl (C=S) groups is 1. The molecule has 3 rings (SSSR count). The van der Waals surface area contributed by atoms with Crippen molar-refractivity contribution in [2.45, 2.75) is 6.92 Å². The SMILES string of the molecule is C=CCN1C(=O)/C(=C/c2ccc(-c3ccc(C)cc3Br)o2)C(=O)NC1=S. The van der Waals surface area contributed by atoms with E-state index in [2.05, 4.69) is 27.8 Å². The van der Waals surface area contributed by atoms with Gasteiger partial charge in [0.2, 0.25) is 0 Å². The van der Waals surface area contributed by atoms with Crippen molar-refractivity contribution in [1.82, 2.24) is 10.2 Å². The number of rotatable bonds is 4. The van der Waals surface area contributed by atoms with Crippen LogP contribution in [-0.4, -0.2) is 28.4 Å². The second-order valence-corrected chi connectivity index (χ2v) is 6.95. The minimum absolute atomic E-state index is 0.0377. The van der Waals surface area contributed by atoms with Crippen LogP contribution < -0.4 is 5.32 Å². The van der Waals surface area contributed by atoms with E-state index in [0.29, 0.717) is 11.5 Å². The molecule has 26 heavy (non-hydrogen) atoms. The van der Waals surface area contributed by atoms with Crippen LogP contribution in [0.25, 0.3) is 17.4 Å². The molecule has 5 nitrogen and oxygen atoms in total. The number of amides is 2. The summed E-state index contributed by atoms with van der Waals surface area (Å²) in [6.45, 7) is 5.81. The van der Waals surface area contributed by atoms with E-state index in [1.54, 1.807) is 18.2 Å². The van der Waals surface area contributed by atoms with Crippen molar-refractivity contribution in [2.75, 3.05) is 6.54 Å². The van der Waals surface area contributed by atoms with Crippen molar-refractivity contribution in [1.29, 1.82) is 0 Å². The molecule has 0 radical (unpaired) electrons. The highest BCUT2D eigenvalue weighted by atomic mass is 79.9. The Labute approximate surface area is 164 Å². The molecule has 0 spiro atoms. The number of hydrogen-bond donors (Lipinski definition) is 1. The first-order valence-electron chi connectivity index (χ1n) is 7.77. The fraction of sp³-hybridized carbons (Fsp3) is 0.105.